The molecule has 8 nitrogen and oxygen atoms in total. The molecule has 2 aromatic heterocycles. The Morgan fingerprint density at radius 2 is 1.80 bits per heavy atom. The van der Waals surface area contributed by atoms with Crippen LogP contribution in [-0.4, -0.2) is 57.7 Å². The van der Waals surface area contributed by atoms with Gasteiger partial charge in [-0.25, -0.2) is 32.9 Å². The highest BCUT2D eigenvalue weighted by atomic mass is 19.3. The van der Waals surface area contributed by atoms with Crippen LogP contribution in [0.2, 0.25) is 0 Å². The zero-order valence-corrected chi connectivity index (χ0v) is 23.5. The number of carbonyl (C=O) groups is 1. The van der Waals surface area contributed by atoms with Crippen LogP contribution in [-0.2, 0) is 4.74 Å². The number of alkyl halides is 2. The Bertz CT molecular complexity index is 1410. The standard InChI is InChI=1S/C29H35F3N6O2/c1-17(19-7-6-8-20(24(19)30)25(31)32)34-26-21-13-23(33-14-22(21)35-18(2)36-26)38-15-29(16-38)9-11-37(12-10-29)27(39)40-28(3,4)5/h6-8,13-14,17,25H,9-12,15-16H2,1-5H3,(H,34,35,36)/t17-/m1/s1. The van der Waals surface area contributed by atoms with Gasteiger partial charge in [-0.3, -0.25) is 0 Å². The number of carbonyl (C=O) groups excluding carboxylic acids is 1. The number of piperidine rings is 1. The van der Waals surface area contributed by atoms with E-state index in [1.165, 1.54) is 12.1 Å². The van der Waals surface area contributed by atoms with Gasteiger partial charge in [-0.2, -0.15) is 0 Å². The van der Waals surface area contributed by atoms with Gasteiger partial charge in [-0.1, -0.05) is 18.2 Å². The van der Waals surface area contributed by atoms with Gasteiger partial charge < -0.3 is 19.9 Å². The lowest BCUT2D eigenvalue weighted by Gasteiger charge is -2.54. The van der Waals surface area contributed by atoms with Crippen LogP contribution in [0.4, 0.5) is 29.6 Å². The zero-order valence-electron chi connectivity index (χ0n) is 23.5. The topological polar surface area (TPSA) is 83.5 Å². The maximum atomic E-state index is 14.8. The predicted octanol–water partition coefficient (Wildman–Crippen LogP) is 6.42. The van der Waals surface area contributed by atoms with E-state index < -0.39 is 29.4 Å². The van der Waals surface area contributed by atoms with Crippen LogP contribution >= 0.6 is 0 Å². The number of halogens is 3. The number of hydrogen-bond acceptors (Lipinski definition) is 7. The van der Waals surface area contributed by atoms with Crippen LogP contribution in [0.25, 0.3) is 10.9 Å². The highest BCUT2D eigenvalue weighted by molar-refractivity contribution is 5.90. The number of likely N-dealkylation sites (tertiary alicyclic amines) is 1. The minimum absolute atomic E-state index is 0.127. The first kappa shape index (κ1) is 27.9. The molecule has 1 aromatic carbocycles. The summed E-state index contributed by atoms with van der Waals surface area (Å²) in [5.41, 5.74) is -0.238. The van der Waals surface area contributed by atoms with Crippen molar-refractivity contribution in [2.24, 2.45) is 5.41 Å². The van der Waals surface area contributed by atoms with Crippen LogP contribution in [0, 0.1) is 18.2 Å². The van der Waals surface area contributed by atoms with Crippen molar-refractivity contribution in [1.29, 1.82) is 0 Å². The Morgan fingerprint density at radius 3 is 2.45 bits per heavy atom. The molecule has 1 amide bonds. The molecule has 3 aromatic rings. The molecule has 1 atom stereocenters. The third-order valence-electron chi connectivity index (χ3n) is 7.65. The molecule has 2 fully saturated rings. The fraction of sp³-hybridized carbons (Fsp3) is 0.517. The number of amides is 1. The van der Waals surface area contributed by atoms with Gasteiger partial charge in [0, 0.05) is 42.5 Å². The summed E-state index contributed by atoms with van der Waals surface area (Å²) in [6.45, 7) is 12.0. The van der Waals surface area contributed by atoms with E-state index in [9.17, 15) is 18.0 Å². The molecule has 1 N–H and O–H groups in total. The van der Waals surface area contributed by atoms with Crippen molar-refractivity contribution in [3.05, 3.63) is 53.2 Å². The van der Waals surface area contributed by atoms with E-state index in [1.54, 1.807) is 24.9 Å². The first-order valence-corrected chi connectivity index (χ1v) is 13.5. The Hall–Kier alpha value is -3.63. The fourth-order valence-corrected chi connectivity index (χ4v) is 5.51. The van der Waals surface area contributed by atoms with Gasteiger partial charge in [0.15, 0.2) is 0 Å². The molecule has 4 heterocycles. The van der Waals surface area contributed by atoms with Crippen molar-refractivity contribution in [2.75, 3.05) is 36.4 Å². The highest BCUT2D eigenvalue weighted by Crippen LogP contribution is 2.43. The van der Waals surface area contributed by atoms with Crippen LogP contribution < -0.4 is 10.2 Å². The summed E-state index contributed by atoms with van der Waals surface area (Å²) in [4.78, 5) is 30.1. The molecule has 1 spiro atoms. The molecule has 214 valence electrons. The third-order valence-corrected chi connectivity index (χ3v) is 7.65. The molecule has 0 saturated carbocycles. The minimum Gasteiger partial charge on any atom is -0.444 e. The number of aromatic nitrogens is 3. The van der Waals surface area contributed by atoms with Crippen molar-refractivity contribution < 1.29 is 22.7 Å². The molecule has 5 rings (SSSR count). The summed E-state index contributed by atoms with van der Waals surface area (Å²) in [6, 6.07) is 5.32. The molecule has 2 aliphatic rings. The average molecular weight is 557 g/mol. The molecule has 2 aliphatic heterocycles. The lowest BCUT2D eigenvalue weighted by Crippen LogP contribution is -2.61. The minimum atomic E-state index is -2.90. The summed E-state index contributed by atoms with van der Waals surface area (Å²) in [5, 5.41) is 3.92. The number of hydrogen-bond donors (Lipinski definition) is 1. The summed E-state index contributed by atoms with van der Waals surface area (Å²) in [6.07, 6.45) is 0.328. The predicted molar refractivity (Wildman–Crippen MR) is 147 cm³/mol. The molecule has 0 unspecified atom stereocenters. The smallest absolute Gasteiger partial charge is 0.410 e. The van der Waals surface area contributed by atoms with Gasteiger partial charge in [0.1, 0.15) is 28.9 Å². The van der Waals surface area contributed by atoms with E-state index in [-0.39, 0.29) is 17.1 Å². The van der Waals surface area contributed by atoms with E-state index >= 15 is 0 Å². The number of fused-ring (bicyclic) bond motifs is 1. The lowest BCUT2D eigenvalue weighted by atomic mass is 9.72. The van der Waals surface area contributed by atoms with Crippen molar-refractivity contribution in [1.82, 2.24) is 19.9 Å². The second kappa shape index (κ2) is 10.4. The number of benzene rings is 1. The van der Waals surface area contributed by atoms with Crippen molar-refractivity contribution in [2.45, 2.75) is 65.5 Å². The van der Waals surface area contributed by atoms with Gasteiger partial charge in [0.05, 0.1) is 23.3 Å². The molecule has 11 heteroatoms. The Balaban J connectivity index is 1.30. The van der Waals surface area contributed by atoms with Crippen molar-refractivity contribution >= 4 is 28.6 Å². The largest absolute Gasteiger partial charge is 0.444 e. The SMILES string of the molecule is Cc1nc(N[C@H](C)c2cccc(C(F)F)c2F)c2cc(N3CC4(CCN(C(=O)OC(C)(C)C)CC4)C3)ncc2n1. The zero-order chi connectivity index (χ0) is 28.8. The molecule has 0 bridgehead atoms. The van der Waals surface area contributed by atoms with Crippen molar-refractivity contribution in [3.63, 3.8) is 0 Å². The van der Waals surface area contributed by atoms with E-state index in [4.69, 9.17) is 4.74 Å². The fourth-order valence-electron chi connectivity index (χ4n) is 5.51. The Morgan fingerprint density at radius 1 is 1.12 bits per heavy atom. The van der Waals surface area contributed by atoms with Gasteiger partial charge in [-0.15, -0.1) is 0 Å². The third kappa shape index (κ3) is 5.64. The summed E-state index contributed by atoms with van der Waals surface area (Å²) >= 11 is 0. The first-order valence-electron chi connectivity index (χ1n) is 13.5. The quantitative estimate of drug-likeness (QED) is 0.388. The van der Waals surface area contributed by atoms with Crippen LogP contribution in [0.15, 0.2) is 30.5 Å². The monoisotopic (exact) mass is 556 g/mol. The number of rotatable bonds is 5. The molecule has 40 heavy (non-hydrogen) atoms. The van der Waals surface area contributed by atoms with Gasteiger partial charge in [0.25, 0.3) is 6.43 Å². The van der Waals surface area contributed by atoms with E-state index in [0.29, 0.717) is 35.6 Å². The number of nitrogens with zero attached hydrogens (tertiary/aromatic N) is 5. The first-order chi connectivity index (χ1) is 18.8. The van der Waals surface area contributed by atoms with E-state index in [0.717, 1.165) is 37.8 Å². The number of aryl methyl sites for hydroxylation is 1. The molecule has 2 saturated heterocycles. The van der Waals surface area contributed by atoms with Gasteiger partial charge in [-0.05, 0) is 53.5 Å². The normalized spacial score (nSPS) is 17.7. The van der Waals surface area contributed by atoms with Crippen LogP contribution in [0.3, 0.4) is 0 Å². The molecule has 0 radical (unpaired) electrons. The Kier molecular flexibility index (Phi) is 7.26. The second-order valence-electron chi connectivity index (χ2n) is 11.9. The molecular weight excluding hydrogens is 521 g/mol. The van der Waals surface area contributed by atoms with Gasteiger partial charge in [0.2, 0.25) is 0 Å². The number of nitrogens with one attached hydrogen (secondary N) is 1. The highest BCUT2D eigenvalue weighted by Gasteiger charge is 2.46. The van der Waals surface area contributed by atoms with Crippen LogP contribution in [0.5, 0.6) is 0 Å². The summed E-state index contributed by atoms with van der Waals surface area (Å²) in [5.74, 6) is 0.861. The van der Waals surface area contributed by atoms with Crippen LogP contribution in [0.1, 0.15) is 70.0 Å². The maximum Gasteiger partial charge on any atom is 0.410 e. The summed E-state index contributed by atoms with van der Waals surface area (Å²) < 4.78 is 46.8. The summed E-state index contributed by atoms with van der Waals surface area (Å²) in [7, 11) is 0. The van der Waals surface area contributed by atoms with Gasteiger partial charge >= 0.3 is 6.09 Å². The van der Waals surface area contributed by atoms with Crippen molar-refractivity contribution in [3.8, 4) is 0 Å². The second-order valence-corrected chi connectivity index (χ2v) is 11.9. The van der Waals surface area contributed by atoms with E-state index in [1.807, 2.05) is 26.8 Å². The molecule has 0 aliphatic carbocycles. The number of ether oxygens (including phenoxy) is 1. The Labute approximate surface area is 231 Å². The average Bonchev–Trinajstić information content (AvgIpc) is 2.86. The number of anilines is 2. The molecular formula is C29H35F3N6O2. The van der Waals surface area contributed by atoms with E-state index in [2.05, 4.69) is 25.2 Å². The lowest BCUT2D eigenvalue weighted by molar-refractivity contribution is 0.00589. The number of pyridine rings is 1. The maximum absolute atomic E-state index is 14.8.